The van der Waals surface area contributed by atoms with E-state index >= 15 is 0 Å². The van der Waals surface area contributed by atoms with Crippen LogP contribution in [0.1, 0.15) is 6.92 Å². The van der Waals surface area contributed by atoms with Crippen LogP contribution in [0.25, 0.3) is 0 Å². The van der Waals surface area contributed by atoms with Gasteiger partial charge in [0.1, 0.15) is 0 Å². The van der Waals surface area contributed by atoms with E-state index in [0.717, 1.165) is 28.3 Å². The van der Waals surface area contributed by atoms with Crippen LogP contribution in [0.4, 0.5) is 0 Å². The van der Waals surface area contributed by atoms with Crippen molar-refractivity contribution in [1.29, 1.82) is 0 Å². The van der Waals surface area contributed by atoms with Gasteiger partial charge in [0.2, 0.25) is 0 Å². The van der Waals surface area contributed by atoms with Gasteiger partial charge in [-0.25, -0.2) is 8.98 Å². The van der Waals surface area contributed by atoms with Gasteiger partial charge in [-0.1, -0.05) is 18.2 Å². The molecule has 0 saturated carbocycles. The number of hydrogen-bond donors (Lipinski definition) is 0. The number of ether oxygens (including phenoxy) is 1. The zero-order valence-corrected chi connectivity index (χ0v) is 14.2. The Kier molecular flexibility index (Phi) is 5.89. The van der Waals surface area contributed by atoms with E-state index < -0.39 is 29.0 Å². The van der Waals surface area contributed by atoms with Crippen LogP contribution in [-0.4, -0.2) is 41.1 Å². The summed E-state index contributed by atoms with van der Waals surface area (Å²) in [6.07, 6.45) is 0. The summed E-state index contributed by atoms with van der Waals surface area (Å²) < 4.78 is 55.9. The number of carbonyl (C=O) groups excluding carboxylic acids is 1. The van der Waals surface area contributed by atoms with Crippen molar-refractivity contribution >= 4 is 23.7 Å². The van der Waals surface area contributed by atoms with Gasteiger partial charge >= 0.3 is 13.6 Å². The minimum atomic E-state index is -4.41. The molecule has 0 saturated heterocycles. The molecule has 0 amide bonds. The minimum absolute atomic E-state index is 0.219. The summed E-state index contributed by atoms with van der Waals surface area (Å²) in [6.45, 7) is 0.965. The van der Waals surface area contributed by atoms with Gasteiger partial charge in [0, 0.05) is 14.2 Å². The van der Waals surface area contributed by atoms with Crippen LogP contribution in [0.2, 0.25) is 0 Å². The molecule has 1 rings (SSSR count). The first kappa shape index (κ1) is 18.8. The molecule has 0 N–H and O–H groups in total. The van der Waals surface area contributed by atoms with E-state index in [4.69, 9.17) is 13.2 Å². The molecular formula is C12H17O8PS. The third kappa shape index (κ3) is 3.39. The predicted octanol–water partition coefficient (Wildman–Crippen LogP) is 1.77. The topological polar surface area (TPSA) is 105 Å². The van der Waals surface area contributed by atoms with Crippen molar-refractivity contribution in [3.05, 3.63) is 30.3 Å². The summed E-state index contributed by atoms with van der Waals surface area (Å²) in [4.78, 5) is 11.7. The third-order valence-electron chi connectivity index (χ3n) is 2.87. The first-order chi connectivity index (χ1) is 10.2. The number of esters is 1. The lowest BCUT2D eigenvalue weighted by molar-refractivity contribution is -0.152. The van der Waals surface area contributed by atoms with Crippen molar-refractivity contribution in [1.82, 2.24) is 0 Å². The first-order valence-electron chi connectivity index (χ1n) is 5.97. The fraction of sp³-hybridized carbons (Fsp3) is 0.417. The number of hydrogen-bond acceptors (Lipinski definition) is 8. The molecule has 8 nitrogen and oxygen atoms in total. The Bertz CT molecular complexity index is 664. The lowest BCUT2D eigenvalue weighted by Gasteiger charge is -2.30. The standard InChI is InChI=1S/C12H17O8PS/c1-12(11(13)17-2,21(14,18-3)19-4)20-22(15,16)10-8-6-5-7-9-10/h5-9H,1-4H3. The highest BCUT2D eigenvalue weighted by molar-refractivity contribution is 7.87. The molecule has 1 unspecified atom stereocenters. The predicted molar refractivity (Wildman–Crippen MR) is 76.8 cm³/mol. The van der Waals surface area contributed by atoms with Gasteiger partial charge in [0.05, 0.1) is 12.0 Å². The number of methoxy groups -OCH3 is 1. The largest absolute Gasteiger partial charge is 0.466 e. The van der Waals surface area contributed by atoms with Gasteiger partial charge in [-0.2, -0.15) is 8.42 Å². The van der Waals surface area contributed by atoms with Crippen molar-refractivity contribution in [2.75, 3.05) is 21.3 Å². The molecule has 0 aliphatic carbocycles. The normalized spacial score (nSPS) is 15.1. The van der Waals surface area contributed by atoms with Crippen LogP contribution < -0.4 is 0 Å². The fourth-order valence-corrected chi connectivity index (χ4v) is 4.55. The number of carbonyl (C=O) groups is 1. The highest BCUT2D eigenvalue weighted by atomic mass is 32.2. The zero-order valence-electron chi connectivity index (χ0n) is 12.5. The average molecular weight is 352 g/mol. The molecule has 0 spiro atoms. The van der Waals surface area contributed by atoms with Gasteiger partial charge in [0.25, 0.3) is 15.5 Å². The van der Waals surface area contributed by atoms with Crippen LogP contribution in [-0.2, 0) is 37.4 Å². The maximum absolute atomic E-state index is 12.5. The molecule has 0 bridgehead atoms. The average Bonchev–Trinajstić information content (AvgIpc) is 2.53. The summed E-state index contributed by atoms with van der Waals surface area (Å²) in [5.41, 5.74) is 0. The van der Waals surface area contributed by atoms with Crippen LogP contribution >= 0.6 is 7.60 Å². The van der Waals surface area contributed by atoms with Crippen molar-refractivity contribution < 1.29 is 35.7 Å². The fourth-order valence-electron chi connectivity index (χ4n) is 1.65. The Hall–Kier alpha value is -1.25. The van der Waals surface area contributed by atoms with Gasteiger partial charge in [-0.15, -0.1) is 0 Å². The second kappa shape index (κ2) is 6.89. The van der Waals surface area contributed by atoms with Gasteiger partial charge in [0.15, 0.2) is 0 Å². The van der Waals surface area contributed by atoms with Crippen molar-refractivity contribution in [2.24, 2.45) is 0 Å². The summed E-state index contributed by atoms with van der Waals surface area (Å²) in [5.74, 6) is -1.21. The van der Waals surface area contributed by atoms with Crippen LogP contribution in [0.5, 0.6) is 0 Å². The number of rotatable bonds is 7. The molecule has 0 fully saturated rings. The van der Waals surface area contributed by atoms with Crippen LogP contribution in [0.3, 0.4) is 0 Å². The highest BCUT2D eigenvalue weighted by Crippen LogP contribution is 2.60. The zero-order chi connectivity index (χ0) is 17.0. The quantitative estimate of drug-likeness (QED) is 0.415. The van der Waals surface area contributed by atoms with E-state index in [9.17, 15) is 17.8 Å². The van der Waals surface area contributed by atoms with E-state index in [0.29, 0.717) is 0 Å². The molecule has 1 atom stereocenters. The third-order valence-corrected chi connectivity index (χ3v) is 6.68. The summed E-state index contributed by atoms with van der Waals surface area (Å²) >= 11 is 0. The van der Waals surface area contributed by atoms with E-state index in [1.54, 1.807) is 6.07 Å². The van der Waals surface area contributed by atoms with Crippen molar-refractivity contribution in [3.8, 4) is 0 Å². The Balaban J connectivity index is 3.38. The number of benzene rings is 1. The minimum Gasteiger partial charge on any atom is -0.466 e. The smallest absolute Gasteiger partial charge is 0.374 e. The summed E-state index contributed by atoms with van der Waals surface area (Å²) in [6, 6.07) is 7.07. The Morgan fingerprint density at radius 2 is 1.59 bits per heavy atom. The van der Waals surface area contributed by atoms with Crippen LogP contribution in [0.15, 0.2) is 35.2 Å². The second-order valence-corrected chi connectivity index (χ2v) is 8.31. The van der Waals surface area contributed by atoms with E-state index in [2.05, 4.69) is 4.74 Å². The molecule has 1 aromatic rings. The molecule has 0 radical (unpaired) electrons. The molecule has 0 aliphatic rings. The molecular weight excluding hydrogens is 335 g/mol. The maximum Gasteiger partial charge on any atom is 0.374 e. The Morgan fingerprint density at radius 1 is 1.09 bits per heavy atom. The molecule has 1 aromatic carbocycles. The first-order valence-corrected chi connectivity index (χ1v) is 8.92. The molecule has 0 aromatic heterocycles. The highest BCUT2D eigenvalue weighted by Gasteiger charge is 2.58. The van der Waals surface area contributed by atoms with E-state index in [1.807, 2.05) is 0 Å². The van der Waals surface area contributed by atoms with Gasteiger partial charge in [-0.05, 0) is 19.1 Å². The summed E-state index contributed by atoms with van der Waals surface area (Å²) in [7, 11) is -5.68. The SMILES string of the molecule is COC(=O)C(C)(OS(=O)(=O)c1ccccc1)P(=O)(OC)OC. The molecule has 0 aliphatic heterocycles. The molecule has 0 heterocycles. The van der Waals surface area contributed by atoms with Gasteiger partial charge < -0.3 is 13.8 Å². The van der Waals surface area contributed by atoms with Crippen LogP contribution in [0, 0.1) is 0 Å². The lowest BCUT2D eigenvalue weighted by atomic mass is 10.4. The molecule has 10 heteroatoms. The van der Waals surface area contributed by atoms with Crippen molar-refractivity contribution in [3.63, 3.8) is 0 Å². The molecule has 124 valence electrons. The van der Waals surface area contributed by atoms with E-state index in [1.165, 1.54) is 24.3 Å². The molecule has 22 heavy (non-hydrogen) atoms. The Labute approximate surface area is 129 Å². The van der Waals surface area contributed by atoms with Gasteiger partial charge in [-0.3, -0.25) is 4.57 Å². The summed E-state index contributed by atoms with van der Waals surface area (Å²) in [5, 5.41) is -2.49. The lowest BCUT2D eigenvalue weighted by Crippen LogP contribution is -2.42. The Morgan fingerprint density at radius 3 is 2.00 bits per heavy atom. The second-order valence-electron chi connectivity index (χ2n) is 4.19. The van der Waals surface area contributed by atoms with E-state index in [-0.39, 0.29) is 4.90 Å². The monoisotopic (exact) mass is 352 g/mol. The van der Waals surface area contributed by atoms with Crippen molar-refractivity contribution in [2.45, 2.75) is 17.2 Å². The maximum atomic E-state index is 12.5.